The van der Waals surface area contributed by atoms with Crippen LogP contribution in [0.3, 0.4) is 0 Å². The first-order valence-corrected chi connectivity index (χ1v) is 10.3. The van der Waals surface area contributed by atoms with Crippen LogP contribution in [0.2, 0.25) is 0 Å². The smallest absolute Gasteiger partial charge is 0.262 e. The zero-order valence-electron chi connectivity index (χ0n) is 14.5. The van der Waals surface area contributed by atoms with Gasteiger partial charge in [0.25, 0.3) is 5.56 Å². The third-order valence-corrected chi connectivity index (χ3v) is 7.16. The van der Waals surface area contributed by atoms with E-state index in [1.54, 1.807) is 29.0 Å². The minimum Gasteiger partial charge on any atom is -0.290 e. The van der Waals surface area contributed by atoms with Crippen molar-refractivity contribution in [3.8, 4) is 0 Å². The Labute approximate surface area is 162 Å². The highest BCUT2D eigenvalue weighted by molar-refractivity contribution is 7.99. The fourth-order valence-electron chi connectivity index (χ4n) is 3.53. The minimum atomic E-state index is -0.345. The maximum Gasteiger partial charge on any atom is 0.262 e. The molecular weight excluding hydrogens is 383 g/mol. The molecule has 5 nitrogen and oxygen atoms in total. The molecule has 0 fully saturated rings. The van der Waals surface area contributed by atoms with Crippen LogP contribution in [0.1, 0.15) is 23.3 Å². The zero-order valence-corrected chi connectivity index (χ0v) is 16.2. The highest BCUT2D eigenvalue weighted by atomic mass is 32.2. The number of aryl methyl sites for hydroxylation is 2. The molecule has 4 aromatic rings. The lowest BCUT2D eigenvalue weighted by atomic mass is 9.97. The molecule has 0 saturated carbocycles. The SMILES string of the molecule is Cn1c(Sc2ncnc3ccc(F)cc23)nc2sc3c(c2c1=O)CCCC3. The van der Waals surface area contributed by atoms with E-state index in [0.29, 0.717) is 21.1 Å². The molecule has 3 aromatic heterocycles. The molecule has 0 atom stereocenters. The number of rotatable bonds is 2. The van der Waals surface area contributed by atoms with Crippen molar-refractivity contribution >= 4 is 44.2 Å². The van der Waals surface area contributed by atoms with Gasteiger partial charge in [0.1, 0.15) is 22.0 Å². The first-order chi connectivity index (χ1) is 13.1. The third kappa shape index (κ3) is 2.74. The Bertz CT molecular complexity index is 1260. The summed E-state index contributed by atoms with van der Waals surface area (Å²) in [6, 6.07) is 4.41. The second-order valence-electron chi connectivity index (χ2n) is 6.59. The number of thiophene rings is 1. The second kappa shape index (κ2) is 6.38. The first kappa shape index (κ1) is 16.8. The molecule has 27 heavy (non-hydrogen) atoms. The molecular formula is C19H15FN4OS2. The molecule has 0 unspecified atom stereocenters. The van der Waals surface area contributed by atoms with Gasteiger partial charge < -0.3 is 0 Å². The molecule has 3 heterocycles. The van der Waals surface area contributed by atoms with Crippen molar-refractivity contribution in [1.82, 2.24) is 19.5 Å². The fraction of sp³-hybridized carbons (Fsp3) is 0.263. The Morgan fingerprint density at radius 3 is 2.96 bits per heavy atom. The quantitative estimate of drug-likeness (QED) is 0.376. The van der Waals surface area contributed by atoms with Crippen molar-refractivity contribution in [2.24, 2.45) is 7.05 Å². The van der Waals surface area contributed by atoms with Crippen LogP contribution in [0.25, 0.3) is 21.1 Å². The van der Waals surface area contributed by atoms with Gasteiger partial charge in [-0.1, -0.05) is 0 Å². The van der Waals surface area contributed by atoms with Crippen LogP contribution in [-0.4, -0.2) is 19.5 Å². The Morgan fingerprint density at radius 1 is 1.22 bits per heavy atom. The molecule has 0 spiro atoms. The van der Waals surface area contributed by atoms with E-state index in [4.69, 9.17) is 4.98 Å². The van der Waals surface area contributed by atoms with Crippen LogP contribution in [-0.2, 0) is 19.9 Å². The Morgan fingerprint density at radius 2 is 2.07 bits per heavy atom. The maximum atomic E-state index is 13.7. The van der Waals surface area contributed by atoms with E-state index in [1.807, 2.05) is 0 Å². The lowest BCUT2D eigenvalue weighted by molar-refractivity contribution is 0.629. The van der Waals surface area contributed by atoms with Crippen LogP contribution in [0.5, 0.6) is 0 Å². The van der Waals surface area contributed by atoms with Gasteiger partial charge in [0.2, 0.25) is 0 Å². The molecule has 0 saturated heterocycles. The predicted octanol–water partition coefficient (Wildman–Crippen LogP) is 4.11. The number of aromatic nitrogens is 4. The molecule has 0 aliphatic heterocycles. The molecule has 0 radical (unpaired) electrons. The second-order valence-corrected chi connectivity index (χ2v) is 8.63. The molecule has 1 aliphatic carbocycles. The number of hydrogen-bond acceptors (Lipinski definition) is 6. The molecule has 8 heteroatoms. The summed E-state index contributed by atoms with van der Waals surface area (Å²) < 4.78 is 15.3. The van der Waals surface area contributed by atoms with Crippen LogP contribution in [0.4, 0.5) is 4.39 Å². The number of hydrogen-bond donors (Lipinski definition) is 0. The van der Waals surface area contributed by atoms with Gasteiger partial charge in [0.05, 0.1) is 10.9 Å². The Kier molecular flexibility index (Phi) is 3.98. The van der Waals surface area contributed by atoms with Gasteiger partial charge in [-0.2, -0.15) is 0 Å². The van der Waals surface area contributed by atoms with Gasteiger partial charge in [-0.05, 0) is 61.2 Å². The van der Waals surface area contributed by atoms with Gasteiger partial charge in [-0.3, -0.25) is 9.36 Å². The van der Waals surface area contributed by atoms with Crippen LogP contribution < -0.4 is 5.56 Å². The van der Waals surface area contributed by atoms with E-state index in [-0.39, 0.29) is 11.4 Å². The van der Waals surface area contributed by atoms with Gasteiger partial charge >= 0.3 is 0 Å². The topological polar surface area (TPSA) is 60.7 Å². The average molecular weight is 398 g/mol. The molecule has 1 aliphatic rings. The van der Waals surface area contributed by atoms with E-state index in [2.05, 4.69) is 9.97 Å². The highest BCUT2D eigenvalue weighted by Crippen LogP contribution is 2.36. The number of halogens is 1. The van der Waals surface area contributed by atoms with Crippen molar-refractivity contribution in [1.29, 1.82) is 0 Å². The van der Waals surface area contributed by atoms with E-state index >= 15 is 0 Å². The molecule has 0 N–H and O–H groups in total. The summed E-state index contributed by atoms with van der Waals surface area (Å²) >= 11 is 2.89. The minimum absolute atomic E-state index is 0.0218. The normalized spacial score (nSPS) is 14.0. The molecule has 0 bridgehead atoms. The third-order valence-electron chi connectivity index (χ3n) is 4.90. The highest BCUT2D eigenvalue weighted by Gasteiger charge is 2.22. The van der Waals surface area contributed by atoms with Gasteiger partial charge in [0.15, 0.2) is 5.16 Å². The first-order valence-electron chi connectivity index (χ1n) is 8.71. The fourth-order valence-corrected chi connectivity index (χ4v) is 5.74. The number of fused-ring (bicyclic) bond motifs is 4. The molecule has 1 aromatic carbocycles. The summed E-state index contributed by atoms with van der Waals surface area (Å²) in [7, 11) is 1.73. The van der Waals surface area contributed by atoms with Crippen LogP contribution in [0, 0.1) is 5.82 Å². The summed E-state index contributed by atoms with van der Waals surface area (Å²) in [5.41, 5.74) is 1.82. The van der Waals surface area contributed by atoms with Crippen molar-refractivity contribution in [3.63, 3.8) is 0 Å². The molecule has 0 amide bonds. The summed E-state index contributed by atoms with van der Waals surface area (Å²) in [6.45, 7) is 0. The molecule has 136 valence electrons. The average Bonchev–Trinajstić information content (AvgIpc) is 3.04. The summed E-state index contributed by atoms with van der Waals surface area (Å²) in [5, 5.41) is 2.51. The summed E-state index contributed by atoms with van der Waals surface area (Å²) in [6.07, 6.45) is 5.71. The lowest BCUT2D eigenvalue weighted by Gasteiger charge is -2.11. The van der Waals surface area contributed by atoms with Gasteiger partial charge in [0, 0.05) is 17.3 Å². The standard InChI is InChI=1S/C19H15FN4OS2/c1-24-18(25)15-11-4-2-3-5-14(11)26-17(15)23-19(24)27-16-12-8-10(20)6-7-13(12)21-9-22-16/h6-9H,2-5H2,1H3. The van der Waals surface area contributed by atoms with E-state index in [1.165, 1.54) is 47.1 Å². The van der Waals surface area contributed by atoms with E-state index in [9.17, 15) is 9.18 Å². The van der Waals surface area contributed by atoms with Crippen molar-refractivity contribution < 1.29 is 4.39 Å². The monoisotopic (exact) mass is 398 g/mol. The lowest BCUT2D eigenvalue weighted by Crippen LogP contribution is -2.20. The summed E-state index contributed by atoms with van der Waals surface area (Å²) in [5.74, 6) is -0.345. The van der Waals surface area contributed by atoms with Crippen molar-refractivity contribution in [3.05, 3.63) is 51.1 Å². The van der Waals surface area contributed by atoms with Crippen LogP contribution in [0.15, 0.2) is 39.5 Å². The predicted molar refractivity (Wildman–Crippen MR) is 105 cm³/mol. The molecule has 5 rings (SSSR count). The van der Waals surface area contributed by atoms with Gasteiger partial charge in [-0.25, -0.2) is 19.3 Å². The largest absolute Gasteiger partial charge is 0.290 e. The van der Waals surface area contributed by atoms with Crippen molar-refractivity contribution in [2.75, 3.05) is 0 Å². The van der Waals surface area contributed by atoms with Crippen LogP contribution >= 0.6 is 23.1 Å². The zero-order chi connectivity index (χ0) is 18.5. The van der Waals surface area contributed by atoms with Crippen molar-refractivity contribution in [2.45, 2.75) is 35.9 Å². The maximum absolute atomic E-state index is 13.7. The summed E-state index contributed by atoms with van der Waals surface area (Å²) in [4.78, 5) is 28.3. The van der Waals surface area contributed by atoms with Gasteiger partial charge in [-0.15, -0.1) is 11.3 Å². The Balaban J connectivity index is 1.67. The Hall–Kier alpha value is -2.32. The van der Waals surface area contributed by atoms with E-state index < -0.39 is 0 Å². The number of benzene rings is 1. The van der Waals surface area contributed by atoms with E-state index in [0.717, 1.165) is 29.5 Å². The number of nitrogens with zero attached hydrogens (tertiary/aromatic N) is 4.